The average Bonchev–Trinajstić information content (AvgIpc) is 3.01. The lowest BCUT2D eigenvalue weighted by molar-refractivity contribution is 0.197. The number of piperidine rings is 1. The van der Waals surface area contributed by atoms with Crippen LogP contribution in [0.4, 0.5) is 0 Å². The standard InChI is InChI=1S/C16H24BN3/c17-20-12-6-16(7-13-20,15-4-3-8-18-14-15)5-11-19-9-1-2-10-19/h3-4,8,14H,1-2,5-7,9-13H2. The maximum Gasteiger partial charge on any atom is 0.182 e. The monoisotopic (exact) mass is 269 g/mol. The summed E-state index contributed by atoms with van der Waals surface area (Å²) < 4.78 is 0. The van der Waals surface area contributed by atoms with Gasteiger partial charge in [0, 0.05) is 17.8 Å². The summed E-state index contributed by atoms with van der Waals surface area (Å²) >= 11 is 0. The molecule has 106 valence electrons. The van der Waals surface area contributed by atoms with E-state index in [-0.39, 0.29) is 5.41 Å². The minimum absolute atomic E-state index is 0.284. The molecule has 0 N–H and O–H groups in total. The van der Waals surface area contributed by atoms with Crippen LogP contribution < -0.4 is 0 Å². The van der Waals surface area contributed by atoms with Gasteiger partial charge in [0.15, 0.2) is 7.98 Å². The Morgan fingerprint density at radius 2 is 1.90 bits per heavy atom. The fraction of sp³-hybridized carbons (Fsp3) is 0.688. The van der Waals surface area contributed by atoms with Crippen LogP contribution in [0.1, 0.15) is 37.7 Å². The second-order valence-electron chi connectivity index (χ2n) is 6.36. The first-order valence-electron chi connectivity index (χ1n) is 7.91. The second kappa shape index (κ2) is 6.27. The van der Waals surface area contributed by atoms with Gasteiger partial charge in [-0.1, -0.05) is 6.07 Å². The van der Waals surface area contributed by atoms with Crippen molar-refractivity contribution in [2.75, 3.05) is 32.7 Å². The highest BCUT2D eigenvalue weighted by Gasteiger charge is 2.35. The molecule has 2 radical (unpaired) electrons. The highest BCUT2D eigenvalue weighted by atomic mass is 15.1. The Morgan fingerprint density at radius 1 is 1.15 bits per heavy atom. The van der Waals surface area contributed by atoms with E-state index in [1.165, 1.54) is 44.5 Å². The minimum atomic E-state index is 0.284. The van der Waals surface area contributed by atoms with E-state index >= 15 is 0 Å². The summed E-state index contributed by atoms with van der Waals surface area (Å²) in [6.07, 6.45) is 10.2. The van der Waals surface area contributed by atoms with Crippen LogP contribution in [-0.2, 0) is 5.41 Å². The summed E-state index contributed by atoms with van der Waals surface area (Å²) in [5.74, 6) is 0. The zero-order valence-corrected chi connectivity index (χ0v) is 12.3. The van der Waals surface area contributed by atoms with Crippen molar-refractivity contribution in [3.05, 3.63) is 30.1 Å². The normalized spacial score (nSPS) is 24.0. The van der Waals surface area contributed by atoms with E-state index in [2.05, 4.69) is 28.2 Å². The van der Waals surface area contributed by atoms with Crippen molar-refractivity contribution in [3.8, 4) is 0 Å². The van der Waals surface area contributed by atoms with E-state index in [0.717, 1.165) is 25.9 Å². The van der Waals surface area contributed by atoms with Crippen LogP contribution in [0.25, 0.3) is 0 Å². The molecule has 2 saturated heterocycles. The van der Waals surface area contributed by atoms with Crippen LogP contribution in [0.2, 0.25) is 0 Å². The SMILES string of the molecule is [B]N1CCC(CCN2CCCC2)(c2cccnc2)CC1. The van der Waals surface area contributed by atoms with Crippen LogP contribution in [0.5, 0.6) is 0 Å². The maximum atomic E-state index is 5.96. The third kappa shape index (κ3) is 3.07. The molecule has 4 heteroatoms. The maximum absolute atomic E-state index is 5.96. The Morgan fingerprint density at radius 3 is 2.55 bits per heavy atom. The topological polar surface area (TPSA) is 19.4 Å². The summed E-state index contributed by atoms with van der Waals surface area (Å²) in [7, 11) is 5.96. The lowest BCUT2D eigenvalue weighted by atomic mass is 9.70. The molecule has 2 aliphatic rings. The number of likely N-dealkylation sites (tertiary alicyclic amines) is 1. The molecular weight excluding hydrogens is 245 g/mol. The van der Waals surface area contributed by atoms with E-state index in [4.69, 9.17) is 7.98 Å². The van der Waals surface area contributed by atoms with Gasteiger partial charge < -0.3 is 9.71 Å². The van der Waals surface area contributed by atoms with Crippen LogP contribution >= 0.6 is 0 Å². The van der Waals surface area contributed by atoms with Gasteiger partial charge in [-0.15, -0.1) is 0 Å². The molecule has 0 saturated carbocycles. The van der Waals surface area contributed by atoms with Gasteiger partial charge in [0.05, 0.1) is 0 Å². The third-order valence-electron chi connectivity index (χ3n) is 5.13. The molecule has 2 fully saturated rings. The van der Waals surface area contributed by atoms with E-state index in [9.17, 15) is 0 Å². The summed E-state index contributed by atoms with van der Waals surface area (Å²) in [6.45, 7) is 5.78. The van der Waals surface area contributed by atoms with Crippen molar-refractivity contribution in [3.63, 3.8) is 0 Å². The zero-order valence-electron chi connectivity index (χ0n) is 12.3. The van der Waals surface area contributed by atoms with Crippen LogP contribution in [-0.4, -0.2) is 55.4 Å². The van der Waals surface area contributed by atoms with Gasteiger partial charge in [-0.3, -0.25) is 4.98 Å². The van der Waals surface area contributed by atoms with Crippen LogP contribution in [0.15, 0.2) is 24.5 Å². The summed E-state index contributed by atoms with van der Waals surface area (Å²) in [5.41, 5.74) is 1.69. The predicted octanol–water partition coefficient (Wildman–Crippen LogP) is 1.98. The lowest BCUT2D eigenvalue weighted by Gasteiger charge is -2.42. The largest absolute Gasteiger partial charge is 0.353 e. The van der Waals surface area contributed by atoms with Crippen molar-refractivity contribution >= 4 is 7.98 Å². The van der Waals surface area contributed by atoms with Gasteiger partial charge >= 0.3 is 0 Å². The summed E-state index contributed by atoms with van der Waals surface area (Å²) in [6, 6.07) is 4.32. The van der Waals surface area contributed by atoms with Crippen molar-refractivity contribution in [1.82, 2.24) is 14.7 Å². The Balaban J connectivity index is 1.73. The van der Waals surface area contributed by atoms with Crippen molar-refractivity contribution in [2.24, 2.45) is 0 Å². The molecule has 0 unspecified atom stereocenters. The Kier molecular flexibility index (Phi) is 4.42. The molecule has 2 aliphatic heterocycles. The quantitative estimate of drug-likeness (QED) is 0.779. The van der Waals surface area contributed by atoms with Gasteiger partial charge in [-0.05, 0) is 76.5 Å². The van der Waals surface area contributed by atoms with Crippen molar-refractivity contribution < 1.29 is 0 Å². The van der Waals surface area contributed by atoms with E-state index in [0.29, 0.717) is 0 Å². The number of aromatic nitrogens is 1. The summed E-state index contributed by atoms with van der Waals surface area (Å²) in [4.78, 5) is 8.93. The molecule has 3 rings (SSSR count). The molecule has 0 bridgehead atoms. The first kappa shape index (κ1) is 14.1. The van der Waals surface area contributed by atoms with Gasteiger partial charge in [-0.2, -0.15) is 0 Å². The van der Waals surface area contributed by atoms with Crippen molar-refractivity contribution in [1.29, 1.82) is 0 Å². The average molecular weight is 269 g/mol. The zero-order chi connectivity index (χ0) is 13.8. The molecule has 0 amide bonds. The van der Waals surface area contributed by atoms with Crippen LogP contribution in [0, 0.1) is 0 Å². The Bertz CT molecular complexity index is 409. The van der Waals surface area contributed by atoms with Gasteiger partial charge in [-0.25, -0.2) is 0 Å². The van der Waals surface area contributed by atoms with E-state index < -0.39 is 0 Å². The summed E-state index contributed by atoms with van der Waals surface area (Å²) in [5, 5.41) is 0. The fourth-order valence-corrected chi connectivity index (χ4v) is 3.69. The molecule has 1 aromatic rings. The Labute approximate surface area is 123 Å². The number of rotatable bonds is 4. The van der Waals surface area contributed by atoms with Gasteiger partial charge in [0.1, 0.15) is 0 Å². The molecule has 1 aromatic heterocycles. The molecule has 0 aromatic carbocycles. The number of hydrogen-bond acceptors (Lipinski definition) is 3. The predicted molar refractivity (Wildman–Crippen MR) is 82.8 cm³/mol. The molecule has 0 aliphatic carbocycles. The first-order chi connectivity index (χ1) is 9.78. The number of pyridine rings is 1. The fourth-order valence-electron chi connectivity index (χ4n) is 3.69. The minimum Gasteiger partial charge on any atom is -0.353 e. The first-order valence-corrected chi connectivity index (χ1v) is 7.91. The molecule has 0 atom stereocenters. The lowest BCUT2D eigenvalue weighted by Crippen LogP contribution is -2.43. The third-order valence-corrected chi connectivity index (χ3v) is 5.13. The van der Waals surface area contributed by atoms with E-state index in [1.807, 2.05) is 11.0 Å². The molecule has 0 spiro atoms. The van der Waals surface area contributed by atoms with Gasteiger partial charge in [0.2, 0.25) is 0 Å². The smallest absolute Gasteiger partial charge is 0.182 e. The van der Waals surface area contributed by atoms with Crippen LogP contribution in [0.3, 0.4) is 0 Å². The molecule has 3 nitrogen and oxygen atoms in total. The molecule has 3 heterocycles. The number of nitrogens with zero attached hydrogens (tertiary/aromatic N) is 3. The Hall–Kier alpha value is -0.865. The highest BCUT2D eigenvalue weighted by Crippen LogP contribution is 2.38. The molecule has 20 heavy (non-hydrogen) atoms. The van der Waals surface area contributed by atoms with Gasteiger partial charge in [0.25, 0.3) is 0 Å². The van der Waals surface area contributed by atoms with Crippen molar-refractivity contribution in [2.45, 2.75) is 37.5 Å². The molecular formula is C16H24BN3. The number of hydrogen-bond donors (Lipinski definition) is 0. The highest BCUT2D eigenvalue weighted by molar-refractivity contribution is 6.04. The second-order valence-corrected chi connectivity index (χ2v) is 6.36. The van der Waals surface area contributed by atoms with E-state index in [1.54, 1.807) is 0 Å².